The molecule has 0 aliphatic heterocycles. The van der Waals surface area contributed by atoms with Gasteiger partial charge in [0.15, 0.2) is 6.10 Å². The standard InChI is InChI=1S/C13H18O4/c1-3-16-13(15)12(14)10(2)17-9-11-7-5-4-6-8-11/h4-8,10,12,14H,3,9H2,1-2H3/t10?,12-/m0/s1. The number of carbonyl (C=O) groups excluding carboxylic acids is 1. The topological polar surface area (TPSA) is 55.8 Å². The molecule has 0 fully saturated rings. The van der Waals surface area contributed by atoms with Gasteiger partial charge in [-0.2, -0.15) is 0 Å². The lowest BCUT2D eigenvalue weighted by Crippen LogP contribution is -2.35. The molecule has 4 heteroatoms. The van der Waals surface area contributed by atoms with E-state index < -0.39 is 18.2 Å². The van der Waals surface area contributed by atoms with Gasteiger partial charge in [-0.15, -0.1) is 0 Å². The maximum atomic E-state index is 11.2. The highest BCUT2D eigenvalue weighted by atomic mass is 16.6. The predicted octanol–water partition coefficient (Wildman–Crippen LogP) is 1.52. The zero-order valence-electron chi connectivity index (χ0n) is 10.1. The summed E-state index contributed by atoms with van der Waals surface area (Å²) < 4.78 is 10.1. The van der Waals surface area contributed by atoms with Crippen LogP contribution in [-0.4, -0.2) is 29.9 Å². The third kappa shape index (κ3) is 4.54. The van der Waals surface area contributed by atoms with Crippen molar-refractivity contribution in [3.8, 4) is 0 Å². The Bertz CT molecular complexity index is 337. The quantitative estimate of drug-likeness (QED) is 0.763. The van der Waals surface area contributed by atoms with Gasteiger partial charge in [0.2, 0.25) is 0 Å². The van der Waals surface area contributed by atoms with E-state index in [1.807, 2.05) is 30.3 Å². The second kappa shape index (κ2) is 7.04. The van der Waals surface area contributed by atoms with Crippen LogP contribution in [0.4, 0.5) is 0 Å². The van der Waals surface area contributed by atoms with Crippen LogP contribution in [0.3, 0.4) is 0 Å². The third-order valence-corrected chi connectivity index (χ3v) is 2.33. The lowest BCUT2D eigenvalue weighted by atomic mass is 10.2. The lowest BCUT2D eigenvalue weighted by Gasteiger charge is -2.18. The number of aliphatic hydroxyl groups is 1. The summed E-state index contributed by atoms with van der Waals surface area (Å²) in [5, 5.41) is 9.60. The molecule has 4 nitrogen and oxygen atoms in total. The summed E-state index contributed by atoms with van der Waals surface area (Å²) in [5.74, 6) is -0.645. The molecule has 94 valence electrons. The Morgan fingerprint density at radius 2 is 2.00 bits per heavy atom. The van der Waals surface area contributed by atoms with Gasteiger partial charge in [0.05, 0.1) is 19.3 Å². The third-order valence-electron chi connectivity index (χ3n) is 2.33. The highest BCUT2D eigenvalue weighted by molar-refractivity contribution is 5.74. The zero-order chi connectivity index (χ0) is 12.7. The molecule has 0 saturated heterocycles. The molecular weight excluding hydrogens is 220 g/mol. The fourth-order valence-corrected chi connectivity index (χ4v) is 1.31. The minimum Gasteiger partial charge on any atom is -0.464 e. The van der Waals surface area contributed by atoms with E-state index in [4.69, 9.17) is 9.47 Å². The van der Waals surface area contributed by atoms with Crippen molar-refractivity contribution >= 4 is 5.97 Å². The first-order valence-corrected chi connectivity index (χ1v) is 5.65. The van der Waals surface area contributed by atoms with Crippen LogP contribution in [0.5, 0.6) is 0 Å². The Morgan fingerprint density at radius 3 is 2.59 bits per heavy atom. The molecular formula is C13H18O4. The van der Waals surface area contributed by atoms with Crippen LogP contribution >= 0.6 is 0 Å². The van der Waals surface area contributed by atoms with Crippen molar-refractivity contribution in [1.82, 2.24) is 0 Å². The smallest absolute Gasteiger partial charge is 0.337 e. The number of hydrogen-bond acceptors (Lipinski definition) is 4. The molecule has 0 bridgehead atoms. The van der Waals surface area contributed by atoms with Gasteiger partial charge in [0, 0.05) is 0 Å². The van der Waals surface area contributed by atoms with Crippen molar-refractivity contribution in [2.45, 2.75) is 32.7 Å². The summed E-state index contributed by atoms with van der Waals surface area (Å²) in [4.78, 5) is 11.2. The molecule has 0 aliphatic rings. The maximum Gasteiger partial charge on any atom is 0.337 e. The average Bonchev–Trinajstić information content (AvgIpc) is 2.36. The number of aliphatic hydroxyl groups excluding tert-OH is 1. The van der Waals surface area contributed by atoms with Crippen molar-refractivity contribution in [1.29, 1.82) is 0 Å². The van der Waals surface area contributed by atoms with Crippen molar-refractivity contribution in [3.05, 3.63) is 35.9 Å². The molecule has 1 aromatic rings. The van der Waals surface area contributed by atoms with Gasteiger partial charge in [-0.1, -0.05) is 30.3 Å². The monoisotopic (exact) mass is 238 g/mol. The second-order valence-electron chi connectivity index (χ2n) is 3.70. The largest absolute Gasteiger partial charge is 0.464 e. The molecule has 0 heterocycles. The van der Waals surface area contributed by atoms with Gasteiger partial charge in [-0.25, -0.2) is 4.79 Å². The molecule has 0 radical (unpaired) electrons. The van der Waals surface area contributed by atoms with Crippen LogP contribution in [-0.2, 0) is 20.9 Å². The number of esters is 1. The van der Waals surface area contributed by atoms with E-state index in [2.05, 4.69) is 0 Å². The normalized spacial score (nSPS) is 14.1. The second-order valence-corrected chi connectivity index (χ2v) is 3.70. The van der Waals surface area contributed by atoms with E-state index in [1.54, 1.807) is 13.8 Å². The predicted molar refractivity (Wildman–Crippen MR) is 63.3 cm³/mol. The molecule has 0 saturated carbocycles. The van der Waals surface area contributed by atoms with Crippen molar-refractivity contribution in [3.63, 3.8) is 0 Å². The fraction of sp³-hybridized carbons (Fsp3) is 0.462. The van der Waals surface area contributed by atoms with E-state index in [0.29, 0.717) is 6.61 Å². The summed E-state index contributed by atoms with van der Waals surface area (Å²) in [6.45, 7) is 3.95. The van der Waals surface area contributed by atoms with Gasteiger partial charge in [0.1, 0.15) is 0 Å². The van der Waals surface area contributed by atoms with E-state index in [9.17, 15) is 9.90 Å². The zero-order valence-corrected chi connectivity index (χ0v) is 10.1. The first kappa shape index (κ1) is 13.7. The molecule has 0 aliphatic carbocycles. The Labute approximate surface area is 101 Å². The molecule has 0 amide bonds. The fourth-order valence-electron chi connectivity index (χ4n) is 1.31. The van der Waals surface area contributed by atoms with Gasteiger partial charge in [-0.3, -0.25) is 0 Å². The molecule has 2 atom stereocenters. The summed E-state index contributed by atoms with van der Waals surface area (Å²) in [7, 11) is 0. The SMILES string of the molecule is CCOC(=O)[C@@H](O)C(C)OCc1ccccc1. The molecule has 1 rings (SSSR count). The van der Waals surface area contributed by atoms with Crippen LogP contribution in [0, 0.1) is 0 Å². The molecule has 0 spiro atoms. The Kier molecular flexibility index (Phi) is 5.66. The number of carbonyl (C=O) groups is 1. The van der Waals surface area contributed by atoms with E-state index in [1.165, 1.54) is 0 Å². The van der Waals surface area contributed by atoms with Crippen molar-refractivity contribution in [2.75, 3.05) is 6.61 Å². The number of ether oxygens (including phenoxy) is 2. The van der Waals surface area contributed by atoms with Gasteiger partial charge in [-0.05, 0) is 19.4 Å². The van der Waals surface area contributed by atoms with E-state index >= 15 is 0 Å². The van der Waals surface area contributed by atoms with E-state index in [0.717, 1.165) is 5.56 Å². The van der Waals surface area contributed by atoms with Crippen LogP contribution in [0.15, 0.2) is 30.3 Å². The summed E-state index contributed by atoms with van der Waals surface area (Å²) in [5.41, 5.74) is 0.996. The molecule has 1 aromatic carbocycles. The highest BCUT2D eigenvalue weighted by Crippen LogP contribution is 2.07. The highest BCUT2D eigenvalue weighted by Gasteiger charge is 2.24. The average molecular weight is 238 g/mol. The molecule has 1 N–H and O–H groups in total. The molecule has 1 unspecified atom stereocenters. The minimum absolute atomic E-state index is 0.251. The lowest BCUT2D eigenvalue weighted by molar-refractivity contribution is -0.161. The number of rotatable bonds is 6. The molecule has 0 aromatic heterocycles. The first-order chi connectivity index (χ1) is 8.15. The summed E-state index contributed by atoms with van der Waals surface area (Å²) in [6.07, 6.45) is -1.83. The number of hydrogen-bond donors (Lipinski definition) is 1. The van der Waals surface area contributed by atoms with Gasteiger partial charge >= 0.3 is 5.97 Å². The number of benzene rings is 1. The van der Waals surface area contributed by atoms with Gasteiger partial charge < -0.3 is 14.6 Å². The maximum absolute atomic E-state index is 11.2. The van der Waals surface area contributed by atoms with Crippen LogP contribution < -0.4 is 0 Å². The van der Waals surface area contributed by atoms with Crippen molar-refractivity contribution in [2.24, 2.45) is 0 Å². The minimum atomic E-state index is -1.24. The summed E-state index contributed by atoms with van der Waals surface area (Å²) in [6, 6.07) is 9.57. The van der Waals surface area contributed by atoms with Crippen LogP contribution in [0.2, 0.25) is 0 Å². The first-order valence-electron chi connectivity index (χ1n) is 5.65. The van der Waals surface area contributed by atoms with Crippen molar-refractivity contribution < 1.29 is 19.4 Å². The van der Waals surface area contributed by atoms with Crippen LogP contribution in [0.25, 0.3) is 0 Å². The van der Waals surface area contributed by atoms with Crippen LogP contribution in [0.1, 0.15) is 19.4 Å². The Hall–Kier alpha value is -1.39. The Morgan fingerprint density at radius 1 is 1.35 bits per heavy atom. The van der Waals surface area contributed by atoms with E-state index in [-0.39, 0.29) is 6.61 Å². The Balaban J connectivity index is 2.39. The van der Waals surface area contributed by atoms with Gasteiger partial charge in [0.25, 0.3) is 0 Å². The summed E-state index contributed by atoms with van der Waals surface area (Å²) >= 11 is 0. The molecule has 17 heavy (non-hydrogen) atoms.